The van der Waals surface area contributed by atoms with Crippen LogP contribution in [0.2, 0.25) is 5.02 Å². The summed E-state index contributed by atoms with van der Waals surface area (Å²) in [6.07, 6.45) is 7.03. The molecule has 11 heteroatoms. The van der Waals surface area contributed by atoms with E-state index in [9.17, 15) is 14.4 Å². The molecule has 2 N–H and O–H groups in total. The van der Waals surface area contributed by atoms with E-state index in [4.69, 9.17) is 21.1 Å². The lowest BCUT2D eigenvalue weighted by Gasteiger charge is -2.20. The maximum absolute atomic E-state index is 13.0. The van der Waals surface area contributed by atoms with Gasteiger partial charge >= 0.3 is 5.97 Å². The summed E-state index contributed by atoms with van der Waals surface area (Å²) in [6.45, 7) is 1.57. The minimum atomic E-state index is -0.557. The van der Waals surface area contributed by atoms with Gasteiger partial charge in [0.15, 0.2) is 11.5 Å². The number of carbonyl (C=O) groups excluding carboxylic acids is 3. The highest BCUT2D eigenvalue weighted by Crippen LogP contribution is 2.33. The molecular weight excluding hydrogens is 492 g/mol. The molecular formula is C24H29ClN4O5S. The number of thiazole rings is 1. The van der Waals surface area contributed by atoms with Crippen molar-refractivity contribution in [2.24, 2.45) is 16.8 Å². The third kappa shape index (κ3) is 6.31. The van der Waals surface area contributed by atoms with Crippen molar-refractivity contribution in [3.8, 4) is 5.75 Å². The first-order valence-corrected chi connectivity index (χ1v) is 13.0. The normalized spacial score (nSPS) is 17.4. The van der Waals surface area contributed by atoms with Crippen LogP contribution in [0.25, 0.3) is 0 Å². The number of methoxy groups -OCH3 is 1. The molecule has 1 aromatic heterocycles. The number of anilines is 1. The molecule has 0 unspecified atom stereocenters. The molecule has 1 saturated carbocycles. The second-order valence-corrected chi connectivity index (χ2v) is 9.97. The number of halogens is 1. The number of ether oxygens (including phenoxy) is 2. The van der Waals surface area contributed by atoms with Gasteiger partial charge in [0.25, 0.3) is 5.91 Å². The van der Waals surface area contributed by atoms with Gasteiger partial charge in [-0.05, 0) is 44.8 Å². The number of esters is 1. The van der Waals surface area contributed by atoms with Gasteiger partial charge < -0.3 is 20.1 Å². The predicted octanol–water partition coefficient (Wildman–Crippen LogP) is 3.58. The Labute approximate surface area is 212 Å². The lowest BCUT2D eigenvalue weighted by Crippen LogP contribution is -2.33. The largest absolute Gasteiger partial charge is 0.496 e. The zero-order valence-electron chi connectivity index (χ0n) is 19.5. The molecule has 188 valence electrons. The van der Waals surface area contributed by atoms with E-state index >= 15 is 0 Å². The Morgan fingerprint density at radius 3 is 2.63 bits per heavy atom. The number of piperidine rings is 1. The van der Waals surface area contributed by atoms with Gasteiger partial charge in [-0.1, -0.05) is 24.4 Å². The smallest absolute Gasteiger partial charge is 0.310 e. The fourth-order valence-corrected chi connectivity index (χ4v) is 5.27. The summed E-state index contributed by atoms with van der Waals surface area (Å²) in [4.78, 5) is 42.4. The van der Waals surface area contributed by atoms with Crippen molar-refractivity contribution in [2.45, 2.75) is 45.3 Å². The predicted molar refractivity (Wildman–Crippen MR) is 132 cm³/mol. The zero-order chi connectivity index (χ0) is 24.8. The Kier molecular flexibility index (Phi) is 8.59. The molecule has 0 bridgehead atoms. The summed E-state index contributed by atoms with van der Waals surface area (Å²) in [5.41, 5.74) is 0.566. The molecule has 9 nitrogen and oxygen atoms in total. The van der Waals surface area contributed by atoms with Gasteiger partial charge in [-0.2, -0.15) is 4.99 Å². The number of nitrogens with one attached hydrogen (secondary N) is 2. The van der Waals surface area contributed by atoms with E-state index in [-0.39, 0.29) is 46.8 Å². The van der Waals surface area contributed by atoms with Crippen LogP contribution in [-0.2, 0) is 21.1 Å². The first-order chi connectivity index (χ1) is 17.0. The highest BCUT2D eigenvalue weighted by Gasteiger charge is 2.25. The minimum Gasteiger partial charge on any atom is -0.496 e. The van der Waals surface area contributed by atoms with E-state index in [1.807, 2.05) is 0 Å². The third-order valence-electron chi connectivity index (χ3n) is 6.38. The van der Waals surface area contributed by atoms with Crippen LogP contribution in [0.1, 0.15) is 48.9 Å². The van der Waals surface area contributed by atoms with Gasteiger partial charge in [0.1, 0.15) is 5.75 Å². The van der Waals surface area contributed by atoms with Crippen molar-refractivity contribution in [2.75, 3.05) is 25.5 Å². The maximum atomic E-state index is 13.0. The number of rotatable bonds is 7. The zero-order valence-corrected chi connectivity index (χ0v) is 21.1. The number of benzene rings is 1. The Bertz CT molecular complexity index is 1150. The van der Waals surface area contributed by atoms with Crippen LogP contribution in [-0.4, -0.2) is 42.6 Å². The van der Waals surface area contributed by atoms with Crippen molar-refractivity contribution in [3.63, 3.8) is 0 Å². The second kappa shape index (κ2) is 11.8. The van der Waals surface area contributed by atoms with Crippen molar-refractivity contribution in [1.29, 1.82) is 0 Å². The van der Waals surface area contributed by atoms with Gasteiger partial charge in [-0.3, -0.25) is 19.0 Å². The highest BCUT2D eigenvalue weighted by atomic mass is 35.5. The molecule has 1 aromatic carbocycles. The summed E-state index contributed by atoms with van der Waals surface area (Å²) >= 11 is 7.64. The first-order valence-electron chi connectivity index (χ1n) is 11.7. The van der Waals surface area contributed by atoms with Crippen LogP contribution in [0.15, 0.2) is 28.7 Å². The van der Waals surface area contributed by atoms with Crippen LogP contribution in [0, 0.1) is 11.8 Å². The summed E-state index contributed by atoms with van der Waals surface area (Å²) in [5.74, 6) is -0.758. The van der Waals surface area contributed by atoms with Crippen molar-refractivity contribution in [3.05, 3.63) is 39.1 Å². The Morgan fingerprint density at radius 2 is 1.91 bits per heavy atom. The molecule has 1 aliphatic heterocycles. The van der Waals surface area contributed by atoms with Gasteiger partial charge in [-0.15, -0.1) is 11.3 Å². The van der Waals surface area contributed by atoms with Gasteiger partial charge in [-0.25, -0.2) is 0 Å². The minimum absolute atomic E-state index is 0.0217. The third-order valence-corrected chi connectivity index (χ3v) is 7.49. The number of amides is 2. The average molecular weight is 521 g/mol. The molecule has 1 saturated heterocycles. The van der Waals surface area contributed by atoms with Crippen LogP contribution >= 0.6 is 22.9 Å². The second-order valence-electron chi connectivity index (χ2n) is 8.69. The summed E-state index contributed by atoms with van der Waals surface area (Å²) in [6, 6.07) is 2.99. The highest BCUT2D eigenvalue weighted by molar-refractivity contribution is 7.07. The fourth-order valence-electron chi connectivity index (χ4n) is 4.35. The summed E-state index contributed by atoms with van der Waals surface area (Å²) in [7, 11) is 1.44. The van der Waals surface area contributed by atoms with E-state index in [2.05, 4.69) is 15.6 Å². The number of hydrogen-bond acceptors (Lipinski definition) is 7. The molecule has 35 heavy (non-hydrogen) atoms. The monoisotopic (exact) mass is 520 g/mol. The van der Waals surface area contributed by atoms with E-state index in [0.717, 1.165) is 51.6 Å². The molecule has 2 amide bonds. The van der Waals surface area contributed by atoms with Crippen LogP contribution in [0.4, 0.5) is 5.69 Å². The maximum Gasteiger partial charge on any atom is 0.310 e. The molecule has 0 atom stereocenters. The van der Waals surface area contributed by atoms with E-state index in [1.54, 1.807) is 22.2 Å². The van der Waals surface area contributed by atoms with Crippen LogP contribution in [0.3, 0.4) is 0 Å². The number of carbonyl (C=O) groups is 3. The van der Waals surface area contributed by atoms with Gasteiger partial charge in [0.05, 0.1) is 29.3 Å². The van der Waals surface area contributed by atoms with Crippen LogP contribution in [0.5, 0.6) is 5.75 Å². The molecule has 2 aromatic rings. The quantitative estimate of drug-likeness (QED) is 0.540. The SMILES string of the molecule is COc1cc(NC(=O)C2CCCC2)c(Cl)cc1C(=O)N=c1sccn1COC(=O)C1CCNCC1. The molecule has 0 spiro atoms. The standard InChI is InChI=1S/C24H29ClN4O5S/c1-33-20-13-19(27-21(30)15-4-2-3-5-15)18(25)12-17(20)22(31)28-24-29(10-11-35-24)14-34-23(32)16-6-8-26-9-7-16/h10-13,15-16,26H,2-9,14H2,1H3,(H,27,30). The Morgan fingerprint density at radius 1 is 1.17 bits per heavy atom. The van der Waals surface area contributed by atoms with Crippen molar-refractivity contribution >= 4 is 46.4 Å². The number of hydrogen-bond donors (Lipinski definition) is 2. The fraction of sp³-hybridized carbons (Fsp3) is 0.500. The number of aromatic nitrogens is 1. The topological polar surface area (TPSA) is 111 Å². The lowest BCUT2D eigenvalue weighted by molar-refractivity contribution is -0.153. The lowest BCUT2D eigenvalue weighted by atomic mass is 9.99. The molecule has 2 heterocycles. The molecule has 1 aliphatic carbocycles. The molecule has 2 fully saturated rings. The van der Waals surface area contributed by atoms with E-state index in [1.165, 1.54) is 24.5 Å². The van der Waals surface area contributed by atoms with Gasteiger partial charge in [0.2, 0.25) is 5.91 Å². The van der Waals surface area contributed by atoms with E-state index in [0.29, 0.717) is 10.5 Å². The Balaban J connectivity index is 1.47. The van der Waals surface area contributed by atoms with Crippen LogP contribution < -0.4 is 20.2 Å². The first kappa shape index (κ1) is 25.4. The summed E-state index contributed by atoms with van der Waals surface area (Å²) in [5, 5.41) is 8.06. The molecule has 2 aliphatic rings. The van der Waals surface area contributed by atoms with E-state index < -0.39 is 5.91 Å². The van der Waals surface area contributed by atoms with Crippen molar-refractivity contribution in [1.82, 2.24) is 9.88 Å². The molecule has 0 radical (unpaired) electrons. The van der Waals surface area contributed by atoms with Gasteiger partial charge in [0, 0.05) is 23.6 Å². The average Bonchev–Trinajstić information content (AvgIpc) is 3.56. The number of nitrogens with zero attached hydrogens (tertiary/aromatic N) is 2. The molecule has 4 rings (SSSR count). The van der Waals surface area contributed by atoms with Crippen molar-refractivity contribution < 1.29 is 23.9 Å². The summed E-state index contributed by atoms with van der Waals surface area (Å²) < 4.78 is 12.5. The Hall–Kier alpha value is -2.69.